The molecule has 0 aliphatic rings. The van der Waals surface area contributed by atoms with Crippen LogP contribution in [0.2, 0.25) is 0 Å². The first-order valence-electron chi connectivity index (χ1n) is 10.4. The van der Waals surface area contributed by atoms with Crippen LogP contribution >= 0.6 is 0 Å². The lowest BCUT2D eigenvalue weighted by atomic mass is 10.2. The number of aryl methyl sites for hydroxylation is 2. The van der Waals surface area contributed by atoms with Crippen molar-refractivity contribution in [1.82, 2.24) is 9.55 Å². The van der Waals surface area contributed by atoms with Crippen LogP contribution in [0.25, 0.3) is 11.0 Å². The molecule has 0 spiro atoms. The number of para-hydroxylation sites is 2. The maximum Gasteiger partial charge on any atom is 0.306 e. The molecular weight excluding hydrogens is 396 g/mol. The minimum atomic E-state index is -0.403. The van der Waals surface area contributed by atoms with Crippen molar-refractivity contribution < 1.29 is 19.0 Å². The Morgan fingerprint density at radius 2 is 1.90 bits per heavy atom. The lowest BCUT2D eigenvalue weighted by molar-refractivity contribution is -0.144. The Kier molecular flexibility index (Phi) is 7.65. The van der Waals surface area contributed by atoms with E-state index in [4.69, 9.17) is 14.2 Å². The van der Waals surface area contributed by atoms with Crippen molar-refractivity contribution in [2.75, 3.05) is 14.2 Å². The highest BCUT2D eigenvalue weighted by molar-refractivity contribution is 5.75. The van der Waals surface area contributed by atoms with Crippen molar-refractivity contribution in [2.45, 2.75) is 45.8 Å². The molecule has 1 heterocycles. The topological polar surface area (TPSA) is 79.7 Å². The van der Waals surface area contributed by atoms with E-state index < -0.39 is 5.97 Å². The smallest absolute Gasteiger partial charge is 0.306 e. The van der Waals surface area contributed by atoms with Gasteiger partial charge in [-0.1, -0.05) is 25.5 Å². The molecule has 0 radical (unpaired) electrons. The van der Waals surface area contributed by atoms with Gasteiger partial charge in [-0.15, -0.1) is 0 Å². The number of ether oxygens (including phenoxy) is 3. The molecule has 7 nitrogen and oxygen atoms in total. The second-order valence-corrected chi connectivity index (χ2v) is 7.20. The van der Waals surface area contributed by atoms with Crippen molar-refractivity contribution in [2.24, 2.45) is 0 Å². The van der Waals surface area contributed by atoms with E-state index >= 15 is 0 Å². The number of esters is 1. The molecule has 31 heavy (non-hydrogen) atoms. The molecule has 0 amide bonds. The van der Waals surface area contributed by atoms with E-state index in [-0.39, 0.29) is 25.0 Å². The van der Waals surface area contributed by atoms with Crippen molar-refractivity contribution in [1.29, 1.82) is 0 Å². The lowest BCUT2D eigenvalue weighted by Crippen LogP contribution is -2.26. The van der Waals surface area contributed by atoms with Crippen molar-refractivity contribution >= 4 is 17.0 Å². The highest BCUT2D eigenvalue weighted by Crippen LogP contribution is 2.24. The summed E-state index contributed by atoms with van der Waals surface area (Å²) in [4.78, 5) is 29.8. The summed E-state index contributed by atoms with van der Waals surface area (Å²) in [5.41, 5.74) is 2.51. The highest BCUT2D eigenvalue weighted by atomic mass is 16.5. The van der Waals surface area contributed by atoms with Gasteiger partial charge in [-0.3, -0.25) is 9.59 Å². The van der Waals surface area contributed by atoms with Gasteiger partial charge in [0.1, 0.15) is 23.8 Å². The van der Waals surface area contributed by atoms with Crippen molar-refractivity contribution in [3.63, 3.8) is 0 Å². The zero-order valence-electron chi connectivity index (χ0n) is 18.2. The summed E-state index contributed by atoms with van der Waals surface area (Å²) in [7, 11) is 3.13. The predicted molar refractivity (Wildman–Crippen MR) is 119 cm³/mol. The minimum Gasteiger partial charge on any atom is -0.497 e. The molecule has 164 valence electrons. The highest BCUT2D eigenvalue weighted by Gasteiger charge is 2.14. The Morgan fingerprint density at radius 3 is 2.65 bits per heavy atom. The Bertz CT molecular complexity index is 1110. The molecule has 0 aliphatic carbocycles. The van der Waals surface area contributed by atoms with Crippen LogP contribution in [0.5, 0.6) is 11.5 Å². The van der Waals surface area contributed by atoms with Crippen LogP contribution < -0.4 is 15.0 Å². The molecule has 0 aliphatic heterocycles. The second kappa shape index (κ2) is 10.6. The van der Waals surface area contributed by atoms with E-state index in [9.17, 15) is 9.59 Å². The van der Waals surface area contributed by atoms with Gasteiger partial charge in [0.15, 0.2) is 0 Å². The number of unbranched alkanes of at least 4 members (excludes halogenated alkanes) is 1. The summed E-state index contributed by atoms with van der Waals surface area (Å²) in [5, 5.41) is 0. The molecule has 0 saturated carbocycles. The molecule has 0 N–H and O–H groups in total. The van der Waals surface area contributed by atoms with Crippen LogP contribution in [-0.4, -0.2) is 29.7 Å². The van der Waals surface area contributed by atoms with Crippen LogP contribution in [0.3, 0.4) is 0 Å². The van der Waals surface area contributed by atoms with Gasteiger partial charge < -0.3 is 18.8 Å². The zero-order chi connectivity index (χ0) is 22.2. The third-order valence-electron chi connectivity index (χ3n) is 5.10. The number of nitrogens with zero attached hydrogens (tertiary/aromatic N) is 2. The standard InChI is InChI=1S/C24H28N2O5/c1-4-5-14-26-21-9-7-6-8-19(21)25-20(24(26)28)11-13-23(27)31-16-17-15-18(29-2)10-12-22(17)30-3/h6-10,12,15H,4-5,11,13-14,16H2,1-3H3. The average molecular weight is 424 g/mol. The molecule has 7 heteroatoms. The second-order valence-electron chi connectivity index (χ2n) is 7.20. The number of carbonyl (C=O) groups excluding carboxylic acids is 1. The van der Waals surface area contributed by atoms with Crippen LogP contribution in [0.4, 0.5) is 0 Å². The first kappa shape index (κ1) is 22.3. The molecule has 3 rings (SSSR count). The zero-order valence-corrected chi connectivity index (χ0v) is 18.2. The van der Waals surface area contributed by atoms with Gasteiger partial charge in [-0.2, -0.15) is 0 Å². The van der Waals surface area contributed by atoms with Crippen LogP contribution in [0, 0.1) is 0 Å². The average Bonchev–Trinajstić information content (AvgIpc) is 2.80. The molecule has 0 fully saturated rings. The summed E-state index contributed by atoms with van der Waals surface area (Å²) in [5.74, 6) is 0.864. The van der Waals surface area contributed by atoms with Crippen molar-refractivity contribution in [3.05, 3.63) is 64.1 Å². The molecular formula is C24H28N2O5. The monoisotopic (exact) mass is 424 g/mol. The third-order valence-corrected chi connectivity index (χ3v) is 5.10. The quantitative estimate of drug-likeness (QED) is 0.460. The number of hydrogen-bond acceptors (Lipinski definition) is 6. The van der Waals surface area contributed by atoms with Crippen LogP contribution in [0.15, 0.2) is 47.3 Å². The van der Waals surface area contributed by atoms with Gasteiger partial charge in [0.25, 0.3) is 5.56 Å². The molecule has 0 atom stereocenters. The number of benzene rings is 2. The van der Waals surface area contributed by atoms with Gasteiger partial charge in [0.2, 0.25) is 0 Å². The summed E-state index contributed by atoms with van der Waals surface area (Å²) in [6, 6.07) is 12.9. The van der Waals surface area contributed by atoms with Crippen LogP contribution in [0.1, 0.15) is 37.4 Å². The van der Waals surface area contributed by atoms with Gasteiger partial charge >= 0.3 is 5.97 Å². The maximum absolute atomic E-state index is 13.0. The summed E-state index contributed by atoms with van der Waals surface area (Å²) >= 11 is 0. The summed E-state index contributed by atoms with van der Waals surface area (Å²) < 4.78 is 17.7. The van der Waals surface area contributed by atoms with E-state index in [1.54, 1.807) is 37.0 Å². The number of hydrogen-bond donors (Lipinski definition) is 0. The molecule has 1 aromatic heterocycles. The number of methoxy groups -OCH3 is 2. The fourth-order valence-electron chi connectivity index (χ4n) is 3.39. The van der Waals surface area contributed by atoms with E-state index in [1.165, 1.54) is 0 Å². The fourth-order valence-corrected chi connectivity index (χ4v) is 3.39. The maximum atomic E-state index is 13.0. The molecule has 0 unspecified atom stereocenters. The Labute approximate surface area is 181 Å². The molecule has 3 aromatic rings. The first-order chi connectivity index (χ1) is 15.1. The minimum absolute atomic E-state index is 0.0606. The van der Waals surface area contributed by atoms with Crippen molar-refractivity contribution in [3.8, 4) is 11.5 Å². The lowest BCUT2D eigenvalue weighted by Gasteiger charge is -2.12. The molecule has 0 bridgehead atoms. The van der Waals surface area contributed by atoms with Gasteiger partial charge in [-0.05, 0) is 36.8 Å². The number of carbonyl (C=O) groups is 1. The predicted octanol–water partition coefficient (Wildman–Crippen LogP) is 3.89. The van der Waals surface area contributed by atoms with E-state index in [1.807, 2.05) is 24.3 Å². The number of fused-ring (bicyclic) bond motifs is 1. The van der Waals surface area contributed by atoms with E-state index in [0.717, 1.165) is 23.9 Å². The first-order valence-corrected chi connectivity index (χ1v) is 10.4. The SMILES string of the molecule is CCCCn1c(=O)c(CCC(=O)OCc2cc(OC)ccc2OC)nc2ccccc21. The third kappa shape index (κ3) is 5.42. The largest absolute Gasteiger partial charge is 0.497 e. The number of rotatable bonds is 10. The summed E-state index contributed by atoms with van der Waals surface area (Å²) in [6.07, 6.45) is 2.18. The van der Waals surface area contributed by atoms with E-state index in [0.29, 0.717) is 29.3 Å². The molecule has 2 aromatic carbocycles. The molecule has 0 saturated heterocycles. The summed E-state index contributed by atoms with van der Waals surface area (Å²) in [6.45, 7) is 2.78. The Balaban J connectivity index is 1.70. The van der Waals surface area contributed by atoms with Gasteiger partial charge in [0, 0.05) is 18.5 Å². The Hall–Kier alpha value is -3.35. The Morgan fingerprint density at radius 1 is 1.10 bits per heavy atom. The van der Waals surface area contributed by atoms with Crippen LogP contribution in [-0.2, 0) is 29.1 Å². The fraction of sp³-hybridized carbons (Fsp3) is 0.375. The normalized spacial score (nSPS) is 10.8. The van der Waals surface area contributed by atoms with E-state index in [2.05, 4.69) is 11.9 Å². The van der Waals surface area contributed by atoms with Gasteiger partial charge in [0.05, 0.1) is 31.7 Å². The number of aromatic nitrogens is 2. The van der Waals surface area contributed by atoms with Gasteiger partial charge in [-0.25, -0.2) is 4.98 Å².